The van der Waals surface area contributed by atoms with E-state index in [1.807, 2.05) is 12.4 Å². The van der Waals surface area contributed by atoms with Crippen molar-refractivity contribution in [3.63, 3.8) is 0 Å². The fraction of sp³-hybridized carbons (Fsp3) is 0.692. The van der Waals surface area contributed by atoms with Crippen LogP contribution < -0.4 is 5.32 Å². The number of halogens is 4. The summed E-state index contributed by atoms with van der Waals surface area (Å²) in [7, 11) is 1.83. The Morgan fingerprint density at radius 3 is 2.86 bits per heavy atom. The van der Waals surface area contributed by atoms with Crippen LogP contribution in [0.2, 0.25) is 0 Å². The molecule has 9 heteroatoms. The number of piperidine rings is 1. The molecule has 2 heterocycles. The van der Waals surface area contributed by atoms with Crippen LogP contribution >= 0.6 is 15.9 Å². The number of carbonyl (C=O) groups excluding carboxylic acids is 1. The molecule has 1 aromatic rings. The summed E-state index contributed by atoms with van der Waals surface area (Å²) >= 11 is 3.42. The second-order valence-electron chi connectivity index (χ2n) is 5.47. The van der Waals surface area contributed by atoms with Gasteiger partial charge in [0.25, 0.3) is 0 Å². The van der Waals surface area contributed by atoms with Crippen LogP contribution in [-0.4, -0.2) is 46.4 Å². The molecule has 0 aliphatic carbocycles. The maximum atomic E-state index is 12.2. The van der Waals surface area contributed by atoms with E-state index >= 15 is 0 Å². The van der Waals surface area contributed by atoms with Crippen molar-refractivity contribution in [2.75, 3.05) is 19.6 Å². The highest BCUT2D eigenvalue weighted by molar-refractivity contribution is 9.10. The minimum absolute atomic E-state index is 0.400. The van der Waals surface area contributed by atoms with Gasteiger partial charge in [0.1, 0.15) is 6.54 Å². The number of aromatic nitrogens is 2. The number of carbonyl (C=O) groups is 1. The normalized spacial score (nSPS) is 20.1. The number of hydrogen-bond donors (Lipinski definition) is 1. The van der Waals surface area contributed by atoms with Crippen molar-refractivity contribution in [3.8, 4) is 0 Å². The molecule has 0 spiro atoms. The van der Waals surface area contributed by atoms with Gasteiger partial charge in [-0.05, 0) is 35.3 Å². The number of rotatable bonds is 4. The monoisotopic (exact) mass is 382 g/mol. The van der Waals surface area contributed by atoms with Gasteiger partial charge in [0.2, 0.25) is 5.91 Å². The lowest BCUT2D eigenvalue weighted by molar-refractivity contribution is -0.141. The van der Waals surface area contributed by atoms with Gasteiger partial charge in [0.15, 0.2) is 0 Å². The Morgan fingerprint density at radius 2 is 2.27 bits per heavy atom. The van der Waals surface area contributed by atoms with Crippen molar-refractivity contribution in [1.29, 1.82) is 0 Å². The molecule has 0 bridgehead atoms. The summed E-state index contributed by atoms with van der Waals surface area (Å²) in [5, 5.41) is 6.11. The van der Waals surface area contributed by atoms with E-state index in [0.717, 1.165) is 23.1 Å². The Balaban J connectivity index is 1.90. The molecule has 0 saturated carbocycles. The average molecular weight is 383 g/mol. The summed E-state index contributed by atoms with van der Waals surface area (Å²) in [5.74, 6) is -0.922. The molecule has 2 rings (SSSR count). The topological polar surface area (TPSA) is 50.2 Å². The van der Waals surface area contributed by atoms with Crippen LogP contribution in [0.4, 0.5) is 13.2 Å². The van der Waals surface area contributed by atoms with E-state index in [1.165, 1.54) is 0 Å². The molecular weight excluding hydrogens is 365 g/mol. The van der Waals surface area contributed by atoms with Gasteiger partial charge in [0.05, 0.1) is 22.3 Å². The van der Waals surface area contributed by atoms with Gasteiger partial charge >= 0.3 is 6.18 Å². The van der Waals surface area contributed by atoms with Crippen molar-refractivity contribution < 1.29 is 18.0 Å². The van der Waals surface area contributed by atoms with Crippen LogP contribution in [0.25, 0.3) is 0 Å². The number of hydrogen-bond acceptors (Lipinski definition) is 3. The summed E-state index contributed by atoms with van der Waals surface area (Å²) in [5.41, 5.74) is 0.983. The number of nitrogens with zero attached hydrogens (tertiary/aromatic N) is 3. The van der Waals surface area contributed by atoms with Gasteiger partial charge in [-0.3, -0.25) is 14.4 Å². The zero-order valence-electron chi connectivity index (χ0n) is 12.2. The highest BCUT2D eigenvalue weighted by atomic mass is 79.9. The smallest absolute Gasteiger partial charge is 0.347 e. The molecular formula is C13H18BrF3N4O. The Bertz CT molecular complexity index is 512. The molecule has 1 aliphatic rings. The third-order valence-corrected chi connectivity index (χ3v) is 4.39. The lowest BCUT2D eigenvalue weighted by Gasteiger charge is -2.32. The van der Waals surface area contributed by atoms with Gasteiger partial charge < -0.3 is 5.32 Å². The largest absolute Gasteiger partial charge is 0.405 e. The van der Waals surface area contributed by atoms with E-state index in [4.69, 9.17) is 0 Å². The highest BCUT2D eigenvalue weighted by Gasteiger charge is 2.31. The zero-order valence-corrected chi connectivity index (χ0v) is 13.7. The van der Waals surface area contributed by atoms with Crippen molar-refractivity contribution >= 4 is 21.8 Å². The number of likely N-dealkylation sites (tertiary alicyclic amines) is 1. The van der Waals surface area contributed by atoms with Crippen molar-refractivity contribution in [1.82, 2.24) is 20.0 Å². The molecule has 1 fully saturated rings. The van der Waals surface area contributed by atoms with Crippen LogP contribution in [0, 0.1) is 5.92 Å². The first kappa shape index (κ1) is 17.3. The second kappa shape index (κ2) is 6.99. The van der Waals surface area contributed by atoms with Crippen LogP contribution in [0.1, 0.15) is 18.5 Å². The molecule has 0 unspecified atom stereocenters. The summed E-state index contributed by atoms with van der Waals surface area (Å²) in [6.07, 6.45) is -1.26. The summed E-state index contributed by atoms with van der Waals surface area (Å²) in [6, 6.07) is 0. The van der Waals surface area contributed by atoms with E-state index in [0.29, 0.717) is 19.5 Å². The van der Waals surface area contributed by atoms with E-state index in [2.05, 4.69) is 25.9 Å². The molecule has 1 N–H and O–H groups in total. The van der Waals surface area contributed by atoms with E-state index in [9.17, 15) is 18.0 Å². The number of aryl methyl sites for hydroxylation is 1. The molecule has 1 amide bonds. The van der Waals surface area contributed by atoms with Crippen LogP contribution in [0.5, 0.6) is 0 Å². The minimum atomic E-state index is -4.37. The number of amides is 1. The van der Waals surface area contributed by atoms with Gasteiger partial charge in [-0.2, -0.15) is 18.3 Å². The van der Waals surface area contributed by atoms with Gasteiger partial charge in [-0.1, -0.05) is 0 Å². The van der Waals surface area contributed by atoms with Gasteiger partial charge in [-0.25, -0.2) is 0 Å². The summed E-state index contributed by atoms with van der Waals surface area (Å²) < 4.78 is 39.1. The SMILES string of the molecule is Cn1ncc(Br)c1CN1CCC[C@@H](C(=O)NCC(F)(F)F)C1. The quantitative estimate of drug-likeness (QED) is 0.866. The third-order valence-electron chi connectivity index (χ3n) is 3.72. The molecule has 124 valence electrons. The molecule has 22 heavy (non-hydrogen) atoms. The molecule has 0 aromatic carbocycles. The minimum Gasteiger partial charge on any atom is -0.347 e. The zero-order chi connectivity index (χ0) is 16.3. The van der Waals surface area contributed by atoms with Crippen molar-refractivity contribution in [3.05, 3.63) is 16.4 Å². The molecule has 5 nitrogen and oxygen atoms in total. The van der Waals surface area contributed by atoms with Crippen LogP contribution in [0.3, 0.4) is 0 Å². The number of alkyl halides is 3. The van der Waals surface area contributed by atoms with Gasteiger partial charge in [0, 0.05) is 20.1 Å². The highest BCUT2D eigenvalue weighted by Crippen LogP contribution is 2.22. The third kappa shape index (κ3) is 4.70. The number of nitrogens with one attached hydrogen (secondary N) is 1. The molecule has 1 saturated heterocycles. The average Bonchev–Trinajstić information content (AvgIpc) is 2.76. The lowest BCUT2D eigenvalue weighted by Crippen LogP contribution is -2.45. The van der Waals surface area contributed by atoms with Crippen molar-refractivity contribution in [2.45, 2.75) is 25.6 Å². The fourth-order valence-electron chi connectivity index (χ4n) is 2.57. The predicted molar refractivity (Wildman–Crippen MR) is 78.0 cm³/mol. The fourth-order valence-corrected chi connectivity index (χ4v) is 3.04. The Hall–Kier alpha value is -1.09. The first-order chi connectivity index (χ1) is 10.3. The molecule has 0 radical (unpaired) electrons. The Morgan fingerprint density at radius 1 is 1.55 bits per heavy atom. The van der Waals surface area contributed by atoms with Crippen LogP contribution in [-0.2, 0) is 18.4 Å². The molecule has 1 aliphatic heterocycles. The lowest BCUT2D eigenvalue weighted by atomic mass is 9.97. The molecule has 1 aromatic heterocycles. The van der Waals surface area contributed by atoms with Crippen molar-refractivity contribution in [2.24, 2.45) is 13.0 Å². The summed E-state index contributed by atoms with van der Waals surface area (Å²) in [4.78, 5) is 13.9. The standard InChI is InChI=1S/C13H18BrF3N4O/c1-20-11(10(14)5-19-20)7-21-4-2-3-9(6-21)12(22)18-8-13(15,16)17/h5,9H,2-4,6-8H2,1H3,(H,18,22)/t9-/m1/s1. The first-order valence-electron chi connectivity index (χ1n) is 6.99. The van der Waals surface area contributed by atoms with E-state index < -0.39 is 24.5 Å². The van der Waals surface area contributed by atoms with Crippen LogP contribution in [0.15, 0.2) is 10.7 Å². The van der Waals surface area contributed by atoms with Gasteiger partial charge in [-0.15, -0.1) is 0 Å². The first-order valence-corrected chi connectivity index (χ1v) is 7.79. The molecule has 1 atom stereocenters. The second-order valence-corrected chi connectivity index (χ2v) is 6.32. The predicted octanol–water partition coefficient (Wildman–Crippen LogP) is 2.07. The summed E-state index contributed by atoms with van der Waals surface area (Å²) in [6.45, 7) is 0.623. The maximum Gasteiger partial charge on any atom is 0.405 e. The Labute approximate surface area is 135 Å². The maximum absolute atomic E-state index is 12.2. The van der Waals surface area contributed by atoms with E-state index in [-0.39, 0.29) is 0 Å². The Kier molecular flexibility index (Phi) is 5.49. The van der Waals surface area contributed by atoms with E-state index in [1.54, 1.807) is 10.9 Å².